The van der Waals surface area contributed by atoms with Crippen molar-refractivity contribution in [3.8, 4) is 0 Å². The molecular formula is C9H12N2O2. The summed E-state index contributed by atoms with van der Waals surface area (Å²) in [5.41, 5.74) is 7.73. The standard InChI is InChI=1S/C9H12N2O2/c1-6-4-7(10)2-3-8(6)11-9(13)5-12/h2-4,12H,5,10H2,1H3,(H,11,13). The molecule has 1 rings (SSSR count). The molecule has 1 amide bonds. The number of hydrogen-bond acceptors (Lipinski definition) is 3. The zero-order chi connectivity index (χ0) is 9.84. The highest BCUT2D eigenvalue weighted by Gasteiger charge is 2.02. The number of nitrogen functional groups attached to an aromatic ring is 1. The number of nitrogens with one attached hydrogen (secondary N) is 1. The quantitative estimate of drug-likeness (QED) is 0.580. The third-order valence-corrected chi connectivity index (χ3v) is 1.67. The van der Waals surface area contributed by atoms with E-state index in [2.05, 4.69) is 5.32 Å². The van der Waals surface area contributed by atoms with Crippen molar-refractivity contribution >= 4 is 17.3 Å². The van der Waals surface area contributed by atoms with Gasteiger partial charge in [0, 0.05) is 11.4 Å². The smallest absolute Gasteiger partial charge is 0.250 e. The summed E-state index contributed by atoms with van der Waals surface area (Å²) in [6.07, 6.45) is 0. The van der Waals surface area contributed by atoms with Crippen molar-refractivity contribution < 1.29 is 9.90 Å². The van der Waals surface area contributed by atoms with E-state index in [4.69, 9.17) is 10.8 Å². The highest BCUT2D eigenvalue weighted by atomic mass is 16.3. The third kappa shape index (κ3) is 2.45. The second kappa shape index (κ2) is 3.91. The van der Waals surface area contributed by atoms with Crippen LogP contribution < -0.4 is 11.1 Å². The van der Waals surface area contributed by atoms with Gasteiger partial charge in [-0.3, -0.25) is 4.79 Å². The summed E-state index contributed by atoms with van der Waals surface area (Å²) < 4.78 is 0. The van der Waals surface area contributed by atoms with Gasteiger partial charge in [-0.25, -0.2) is 0 Å². The summed E-state index contributed by atoms with van der Waals surface area (Å²) in [7, 11) is 0. The van der Waals surface area contributed by atoms with Gasteiger partial charge in [-0.05, 0) is 30.7 Å². The molecule has 1 aromatic carbocycles. The van der Waals surface area contributed by atoms with Gasteiger partial charge in [0.25, 0.3) is 0 Å². The summed E-state index contributed by atoms with van der Waals surface area (Å²) in [5, 5.41) is 11.0. The van der Waals surface area contributed by atoms with Gasteiger partial charge in [-0.15, -0.1) is 0 Å². The molecule has 0 aliphatic carbocycles. The highest BCUT2D eigenvalue weighted by molar-refractivity contribution is 5.92. The van der Waals surface area contributed by atoms with E-state index in [0.717, 1.165) is 5.56 Å². The molecule has 0 bridgehead atoms. The lowest BCUT2D eigenvalue weighted by Crippen LogP contribution is -2.16. The van der Waals surface area contributed by atoms with Crippen LogP contribution in [0.25, 0.3) is 0 Å². The Morgan fingerprint density at radius 2 is 2.31 bits per heavy atom. The van der Waals surface area contributed by atoms with E-state index < -0.39 is 12.5 Å². The Labute approximate surface area is 76.4 Å². The maximum absolute atomic E-state index is 10.8. The molecule has 13 heavy (non-hydrogen) atoms. The fourth-order valence-corrected chi connectivity index (χ4v) is 1.02. The van der Waals surface area contributed by atoms with E-state index >= 15 is 0 Å². The molecule has 4 N–H and O–H groups in total. The van der Waals surface area contributed by atoms with E-state index in [0.29, 0.717) is 11.4 Å². The van der Waals surface area contributed by atoms with Gasteiger partial charge in [0.2, 0.25) is 5.91 Å². The van der Waals surface area contributed by atoms with Crippen LogP contribution in [0.4, 0.5) is 11.4 Å². The first-order valence-corrected chi connectivity index (χ1v) is 3.90. The number of amides is 1. The molecule has 0 spiro atoms. The van der Waals surface area contributed by atoms with Crippen LogP contribution in [0.5, 0.6) is 0 Å². The van der Waals surface area contributed by atoms with Gasteiger partial charge in [0.1, 0.15) is 6.61 Å². The number of carbonyl (C=O) groups excluding carboxylic acids is 1. The first kappa shape index (κ1) is 9.54. The lowest BCUT2D eigenvalue weighted by atomic mass is 10.2. The summed E-state index contributed by atoms with van der Waals surface area (Å²) in [6.45, 7) is 1.33. The van der Waals surface area contributed by atoms with Crippen molar-refractivity contribution in [2.45, 2.75) is 6.92 Å². The minimum Gasteiger partial charge on any atom is -0.399 e. The van der Waals surface area contributed by atoms with Crippen LogP contribution in [-0.4, -0.2) is 17.6 Å². The fraction of sp³-hybridized carbons (Fsp3) is 0.222. The molecule has 0 aromatic heterocycles. The van der Waals surface area contributed by atoms with Crippen LogP contribution >= 0.6 is 0 Å². The zero-order valence-electron chi connectivity index (χ0n) is 7.37. The molecule has 0 atom stereocenters. The maximum Gasteiger partial charge on any atom is 0.250 e. The van der Waals surface area contributed by atoms with Crippen molar-refractivity contribution in [2.24, 2.45) is 0 Å². The average Bonchev–Trinajstić information content (AvgIpc) is 2.09. The van der Waals surface area contributed by atoms with Crippen LogP contribution in [0.3, 0.4) is 0 Å². The van der Waals surface area contributed by atoms with E-state index in [-0.39, 0.29) is 0 Å². The molecule has 1 aromatic rings. The monoisotopic (exact) mass is 180 g/mol. The summed E-state index contributed by atoms with van der Waals surface area (Å²) >= 11 is 0. The van der Waals surface area contributed by atoms with Gasteiger partial charge in [0.15, 0.2) is 0 Å². The number of aliphatic hydroxyl groups is 1. The predicted octanol–water partition coefficient (Wildman–Crippen LogP) is 0.508. The summed E-state index contributed by atoms with van der Waals surface area (Å²) in [6, 6.07) is 5.16. The molecule has 70 valence electrons. The minimum atomic E-state index is -0.510. The average molecular weight is 180 g/mol. The van der Waals surface area contributed by atoms with Gasteiger partial charge in [0.05, 0.1) is 0 Å². The van der Waals surface area contributed by atoms with Crippen molar-refractivity contribution in [1.29, 1.82) is 0 Å². The van der Waals surface area contributed by atoms with Crippen LogP contribution in [0.2, 0.25) is 0 Å². The molecule has 0 fully saturated rings. The Balaban J connectivity index is 2.83. The van der Waals surface area contributed by atoms with Crippen LogP contribution in [0, 0.1) is 6.92 Å². The summed E-state index contributed by atoms with van der Waals surface area (Å²) in [5.74, 6) is -0.423. The number of aliphatic hydroxyl groups excluding tert-OH is 1. The van der Waals surface area contributed by atoms with E-state index in [1.807, 2.05) is 6.92 Å². The molecule has 4 nitrogen and oxygen atoms in total. The number of nitrogens with two attached hydrogens (primary N) is 1. The first-order valence-electron chi connectivity index (χ1n) is 3.90. The molecule has 0 radical (unpaired) electrons. The second-order valence-electron chi connectivity index (χ2n) is 2.78. The molecule has 0 aliphatic rings. The Morgan fingerprint density at radius 3 is 2.85 bits per heavy atom. The molecule has 0 saturated carbocycles. The minimum absolute atomic E-state index is 0.423. The molecule has 0 unspecified atom stereocenters. The Morgan fingerprint density at radius 1 is 1.62 bits per heavy atom. The SMILES string of the molecule is Cc1cc(N)ccc1NC(=O)CO. The van der Waals surface area contributed by atoms with Crippen molar-refractivity contribution in [2.75, 3.05) is 17.7 Å². The van der Waals surface area contributed by atoms with Crippen molar-refractivity contribution in [1.82, 2.24) is 0 Å². The fourth-order valence-electron chi connectivity index (χ4n) is 1.02. The lowest BCUT2D eigenvalue weighted by Gasteiger charge is -2.07. The first-order chi connectivity index (χ1) is 6.13. The number of benzene rings is 1. The maximum atomic E-state index is 10.8. The topological polar surface area (TPSA) is 75.3 Å². The number of hydrogen-bond donors (Lipinski definition) is 3. The number of aryl methyl sites for hydroxylation is 1. The molecule has 0 aliphatic heterocycles. The molecule has 0 heterocycles. The third-order valence-electron chi connectivity index (χ3n) is 1.67. The predicted molar refractivity (Wildman–Crippen MR) is 51.3 cm³/mol. The molecular weight excluding hydrogens is 168 g/mol. The number of anilines is 2. The normalized spacial score (nSPS) is 9.69. The summed E-state index contributed by atoms with van der Waals surface area (Å²) in [4.78, 5) is 10.8. The zero-order valence-corrected chi connectivity index (χ0v) is 7.37. The Bertz CT molecular complexity index is 323. The van der Waals surface area contributed by atoms with Gasteiger partial charge in [-0.1, -0.05) is 0 Å². The van der Waals surface area contributed by atoms with Crippen LogP contribution in [-0.2, 0) is 4.79 Å². The van der Waals surface area contributed by atoms with Crippen molar-refractivity contribution in [3.05, 3.63) is 23.8 Å². The second-order valence-corrected chi connectivity index (χ2v) is 2.78. The number of rotatable bonds is 2. The van der Waals surface area contributed by atoms with Crippen LogP contribution in [0.15, 0.2) is 18.2 Å². The largest absolute Gasteiger partial charge is 0.399 e. The van der Waals surface area contributed by atoms with Gasteiger partial charge < -0.3 is 16.2 Å². The van der Waals surface area contributed by atoms with Crippen LogP contribution in [0.1, 0.15) is 5.56 Å². The highest BCUT2D eigenvalue weighted by Crippen LogP contribution is 2.17. The number of carbonyl (C=O) groups is 1. The van der Waals surface area contributed by atoms with Gasteiger partial charge in [-0.2, -0.15) is 0 Å². The van der Waals surface area contributed by atoms with E-state index in [1.54, 1.807) is 18.2 Å². The van der Waals surface area contributed by atoms with E-state index in [9.17, 15) is 4.79 Å². The van der Waals surface area contributed by atoms with E-state index in [1.165, 1.54) is 0 Å². The van der Waals surface area contributed by atoms with Crippen molar-refractivity contribution in [3.63, 3.8) is 0 Å². The Hall–Kier alpha value is -1.55. The molecule has 0 saturated heterocycles. The Kier molecular flexibility index (Phi) is 2.87. The lowest BCUT2D eigenvalue weighted by molar-refractivity contribution is -0.118. The molecule has 4 heteroatoms. The van der Waals surface area contributed by atoms with Gasteiger partial charge >= 0.3 is 0 Å².